The van der Waals surface area contributed by atoms with Gasteiger partial charge in [-0.15, -0.1) is 0 Å². The van der Waals surface area contributed by atoms with E-state index < -0.39 is 72.5 Å². The third-order valence-corrected chi connectivity index (χ3v) is 28.8. The summed E-state index contributed by atoms with van der Waals surface area (Å²) in [6, 6.07) is 114. The summed E-state index contributed by atoms with van der Waals surface area (Å²) in [4.78, 5) is 0. The largest absolute Gasteiger partial charge is 0.456 e. The van der Waals surface area contributed by atoms with Crippen molar-refractivity contribution in [2.24, 2.45) is 0 Å². The molecule has 31 aromatic rings. The molecule has 145 heavy (non-hydrogen) atoms. The van der Waals surface area contributed by atoms with E-state index in [-0.39, 0.29) is 137 Å². The van der Waals surface area contributed by atoms with Crippen molar-refractivity contribution in [3.63, 3.8) is 0 Å². The van der Waals surface area contributed by atoms with Crippen molar-refractivity contribution < 1.29 is 46.1 Å². The van der Waals surface area contributed by atoms with Crippen molar-refractivity contribution in [1.82, 2.24) is 0 Å². The zero-order valence-corrected chi connectivity index (χ0v) is 77.0. The van der Waals surface area contributed by atoms with E-state index in [0.717, 1.165) is 141 Å². The lowest BCUT2D eigenvalue weighted by molar-refractivity contribution is 0.669. The molecule has 0 aliphatic heterocycles. The van der Waals surface area contributed by atoms with Gasteiger partial charge < -0.3 is 13.3 Å². The minimum atomic E-state index is -0.435. The second-order valence-corrected chi connectivity index (χ2v) is 36.7. The van der Waals surface area contributed by atoms with E-state index in [1.54, 1.807) is 18.2 Å². The minimum absolute atomic E-state index is 0.172. The Hall–Kier alpha value is -19.1. The zero-order valence-electron chi connectivity index (χ0n) is 101. The van der Waals surface area contributed by atoms with E-state index >= 15 is 0 Å². The van der Waals surface area contributed by atoms with Gasteiger partial charge in [-0.3, -0.25) is 0 Å². The van der Waals surface area contributed by atoms with Gasteiger partial charge in [0.05, 0.1) is 32.9 Å². The molecule has 0 N–H and O–H groups in total. The molecule has 3 nitrogen and oxygen atoms in total. The van der Waals surface area contributed by atoms with Gasteiger partial charge in [-0.25, -0.2) is 0 Å². The summed E-state index contributed by atoms with van der Waals surface area (Å²) in [5.74, 6) is 0. The maximum Gasteiger partial charge on any atom is 0.136 e. The Morgan fingerprint density at radius 2 is 0.359 bits per heavy atom. The van der Waals surface area contributed by atoms with Crippen molar-refractivity contribution in [2.75, 3.05) is 0 Å². The van der Waals surface area contributed by atoms with Crippen LogP contribution in [0.2, 0.25) is 0 Å². The molecule has 0 atom stereocenters. The maximum atomic E-state index is 9.41. The molecule has 3 heteroatoms. The lowest BCUT2D eigenvalue weighted by atomic mass is 9.85. The van der Waals surface area contributed by atoms with Gasteiger partial charge in [-0.05, 0) is 313 Å². The number of rotatable bonds is 9. The second-order valence-electron chi connectivity index (χ2n) is 36.7. The fourth-order valence-electron chi connectivity index (χ4n) is 22.2. The normalized spacial score (nSPS) is 14.2. The van der Waals surface area contributed by atoms with Gasteiger partial charge in [-0.1, -0.05) is 448 Å². The molecule has 0 fully saturated rings. The van der Waals surface area contributed by atoms with Gasteiger partial charge in [0, 0.05) is 32.3 Å². The first kappa shape index (κ1) is 62.1. The molecule has 0 saturated carbocycles. The first-order valence-corrected chi connectivity index (χ1v) is 48.0. The third-order valence-electron chi connectivity index (χ3n) is 28.8. The highest BCUT2D eigenvalue weighted by molar-refractivity contribution is 6.29. The average Bonchev–Trinajstić information content (AvgIpc) is 1.69. The third kappa shape index (κ3) is 13.8. The number of benzene rings is 28. The van der Waals surface area contributed by atoms with Crippen molar-refractivity contribution in [3.8, 4) is 100 Å². The fraction of sp³-hybridized carbons (Fsp3) is 0. The highest BCUT2D eigenvalue weighted by atomic mass is 16.3. The van der Waals surface area contributed by atoms with Gasteiger partial charge >= 0.3 is 0 Å². The molecule has 3 heterocycles. The van der Waals surface area contributed by atoms with Crippen molar-refractivity contribution in [2.45, 2.75) is 0 Å². The Bertz CT molecular complexity index is 12200. The lowest BCUT2D eigenvalue weighted by Crippen LogP contribution is -1.91. The molecule has 28 aromatic carbocycles. The van der Waals surface area contributed by atoms with Crippen LogP contribution in [-0.2, 0) is 0 Å². The SMILES string of the molecule is [2H]c1c([2H])c([2H])c2c(-c3ccc4oc5ccc6ccccc6c5c4c3)c3c([2H])c([2H])c([2H])c([2H])c3c(-c3ccc(-c4ccc5ccc6ccccc6c5c4)cc3)c2c1[2H].[2H]c1c([2H])c([2H])c2c(-c3ccc4oc5ccc6ccccc6c5c4c3)c3c([2H])c([2H])c([2H])c([2H])c3c(-c3ccc(-c4cccc5ccccc45)cc3)c2c1[2H].[2H]c1c([2H])c([2H])c2c(-c3ccc4oc5ccc6ccccc6c5c4c3)c3c([2H])c([2H])c([2H])c([2H])c3c(-c3cccc(-c4ccc5ccccc5c4)c3)c2c1[2H]. The molecule has 31 rings (SSSR count). The van der Waals surface area contributed by atoms with Crippen molar-refractivity contribution in [3.05, 3.63) is 521 Å². The Labute approximate surface area is 868 Å². The van der Waals surface area contributed by atoms with Crippen LogP contribution in [0.3, 0.4) is 0 Å². The fourth-order valence-corrected chi connectivity index (χ4v) is 22.2. The molecule has 0 saturated heterocycles. The van der Waals surface area contributed by atoms with Gasteiger partial charge in [0.15, 0.2) is 0 Å². The Balaban J connectivity index is 0.000000115. The van der Waals surface area contributed by atoms with Crippen LogP contribution in [0, 0.1) is 0 Å². The van der Waals surface area contributed by atoms with E-state index in [0.29, 0.717) is 100 Å². The van der Waals surface area contributed by atoms with Crippen LogP contribution in [-0.4, -0.2) is 0 Å². The van der Waals surface area contributed by atoms with E-state index in [1.807, 2.05) is 291 Å². The van der Waals surface area contributed by atoms with Gasteiger partial charge in [0.2, 0.25) is 0 Å². The summed E-state index contributed by atoms with van der Waals surface area (Å²) in [7, 11) is 0. The monoisotopic (exact) mass is 1860 g/mol. The summed E-state index contributed by atoms with van der Waals surface area (Å²) in [6.45, 7) is 0. The van der Waals surface area contributed by atoms with Crippen molar-refractivity contribution in [1.29, 1.82) is 0 Å². The van der Waals surface area contributed by atoms with Crippen LogP contribution in [0.5, 0.6) is 0 Å². The van der Waals surface area contributed by atoms with E-state index in [9.17, 15) is 16.4 Å². The Morgan fingerprint density at radius 1 is 0.124 bits per heavy atom. The molecule has 3 aromatic heterocycles. The minimum Gasteiger partial charge on any atom is -0.456 e. The van der Waals surface area contributed by atoms with Crippen LogP contribution in [0.15, 0.2) is 534 Å². The summed E-state index contributed by atoms with van der Waals surface area (Å²) in [6.07, 6.45) is 0. The van der Waals surface area contributed by atoms with E-state index in [2.05, 4.69) is 66.7 Å². The number of hydrogen-bond donors (Lipinski definition) is 0. The molecule has 0 aliphatic rings. The molecule has 672 valence electrons. The molecule has 0 radical (unpaired) electrons. The lowest BCUT2D eigenvalue weighted by Gasteiger charge is -2.18. The van der Waals surface area contributed by atoms with Crippen LogP contribution in [0.25, 0.3) is 306 Å². The van der Waals surface area contributed by atoms with Crippen LogP contribution < -0.4 is 0 Å². The average molecular weight is 1860 g/mol. The summed E-state index contributed by atoms with van der Waals surface area (Å²) in [5, 5.41) is 22.0. The van der Waals surface area contributed by atoms with Crippen molar-refractivity contribution >= 4 is 206 Å². The first-order valence-electron chi connectivity index (χ1n) is 60.0. The summed E-state index contributed by atoms with van der Waals surface area (Å²) < 4.78 is 237. The first-order chi connectivity index (χ1) is 81.9. The van der Waals surface area contributed by atoms with E-state index in [4.69, 9.17) is 29.7 Å². The van der Waals surface area contributed by atoms with Gasteiger partial charge in [-0.2, -0.15) is 0 Å². The second kappa shape index (κ2) is 33.9. The summed E-state index contributed by atoms with van der Waals surface area (Å²) in [5.41, 5.74) is 14.7. The summed E-state index contributed by atoms with van der Waals surface area (Å²) >= 11 is 0. The molecule has 0 bridgehead atoms. The number of hydrogen-bond acceptors (Lipinski definition) is 3. The molecule has 0 aliphatic carbocycles. The topological polar surface area (TPSA) is 39.4 Å². The molecular weight excluding hydrogens is 1750 g/mol. The predicted octanol–water partition coefficient (Wildman–Crippen LogP) is 40.8. The smallest absolute Gasteiger partial charge is 0.136 e. The molecule has 0 unspecified atom stereocenters. The molecular formula is C142H86O3. The van der Waals surface area contributed by atoms with Gasteiger partial charge in [0.25, 0.3) is 0 Å². The Kier molecular flexibility index (Phi) is 14.5. The highest BCUT2D eigenvalue weighted by Gasteiger charge is 2.26. The zero-order chi connectivity index (χ0) is 116. The van der Waals surface area contributed by atoms with Crippen LogP contribution >= 0.6 is 0 Å². The standard InChI is InChI=1S/C50H30O.2C46H28O/c1-3-11-38-32(9-1)19-20-34-21-24-36(29-44(34)38)31-17-22-35(23-18-31)48-40-13-5-7-15-42(40)49(43-16-8-6-14-41(43)48)37-26-27-46-45(30-37)50-39-12-4-2-10-33(39)25-28-47(50)51-46;1-3-13-34-29(10-1)12-9-19-35(34)31-20-22-32(23-21-31)44-37-15-5-7-17-39(37)45(40-18-8-6-16-38(40)44)33-25-26-42-41(28-33)46-36-14-4-2-11-30(36)24-27-43(46)47-42;1-2-12-31-26-33(21-20-29(31)10-1)32-13-9-14-34(27-32)44-37-16-5-7-18-39(37)45(40-19-8-6-17-38(40)44)35-23-24-42-41(28-35)46-36-15-4-3-11-30(36)22-25-43(46)47-42/h1-30H;2*1-28H/i5D,6D,7D,8D,13D,14D,15D,16D;5D,6D,7D,8D,15D,16D,17D,18D;5D,6D,7D,8D,16D,17D,18D,19D. The number of fused-ring (bicyclic) bond motifs is 26. The van der Waals surface area contributed by atoms with E-state index in [1.165, 1.54) is 0 Å². The molecule has 0 spiro atoms. The maximum absolute atomic E-state index is 9.41. The van der Waals surface area contributed by atoms with Crippen LogP contribution in [0.4, 0.5) is 0 Å². The quantitative estimate of drug-likeness (QED) is 0.107. The Morgan fingerprint density at radius 3 is 0.759 bits per heavy atom. The van der Waals surface area contributed by atoms with Crippen LogP contribution in [0.1, 0.15) is 32.9 Å². The number of furan rings is 3. The molecule has 0 amide bonds. The predicted molar refractivity (Wildman–Crippen MR) is 618 cm³/mol. The van der Waals surface area contributed by atoms with Gasteiger partial charge in [0.1, 0.15) is 33.5 Å². The highest BCUT2D eigenvalue weighted by Crippen LogP contribution is 2.52.